The molecule has 0 unspecified atom stereocenters. The maximum atomic E-state index is 4.93. The Morgan fingerprint density at radius 1 is 1.33 bits per heavy atom. The zero-order valence-electron chi connectivity index (χ0n) is 7.12. The Kier molecular flexibility index (Phi) is 4.14. The van der Waals surface area contributed by atoms with Crippen LogP contribution in [-0.2, 0) is 11.3 Å². The van der Waals surface area contributed by atoms with Crippen LogP contribution in [-0.4, -0.2) is 12.9 Å². The summed E-state index contributed by atoms with van der Waals surface area (Å²) in [6, 6.07) is 8.42. The minimum atomic E-state index is 0.582. The third kappa shape index (κ3) is 2.85. The number of thioether (sulfide) groups is 1. The van der Waals surface area contributed by atoms with Crippen LogP contribution >= 0.6 is 11.8 Å². The molecule has 66 valence electrons. The van der Waals surface area contributed by atoms with Gasteiger partial charge in [0.15, 0.2) is 0 Å². The molecule has 1 rings (SSSR count). The highest BCUT2D eigenvalue weighted by molar-refractivity contribution is 7.98. The van der Waals surface area contributed by atoms with E-state index in [-0.39, 0.29) is 0 Å². The van der Waals surface area contributed by atoms with Gasteiger partial charge in [0.2, 0.25) is 0 Å². The van der Waals surface area contributed by atoms with Crippen molar-refractivity contribution in [3.8, 4) is 0 Å². The number of rotatable bonds is 4. The molecule has 3 heteroatoms. The third-order valence-corrected chi connectivity index (χ3v) is 2.41. The molecule has 0 aliphatic carbocycles. The molecule has 0 atom stereocenters. The Labute approximate surface area is 77.1 Å². The summed E-state index contributed by atoms with van der Waals surface area (Å²) in [5.41, 5.74) is 1.26. The summed E-state index contributed by atoms with van der Waals surface area (Å²) in [4.78, 5) is 5.78. The predicted molar refractivity (Wildman–Crippen MR) is 52.1 cm³/mol. The second-order valence-corrected chi connectivity index (χ2v) is 3.35. The van der Waals surface area contributed by atoms with E-state index in [1.165, 1.54) is 10.5 Å². The molecule has 0 saturated heterocycles. The zero-order valence-corrected chi connectivity index (χ0v) is 7.93. The SMILES string of the molecule is CSc1ccc(CCON)cc1. The van der Waals surface area contributed by atoms with Crippen molar-refractivity contribution in [3.63, 3.8) is 0 Å². The monoisotopic (exact) mass is 183 g/mol. The van der Waals surface area contributed by atoms with Gasteiger partial charge >= 0.3 is 0 Å². The average molecular weight is 183 g/mol. The second-order valence-electron chi connectivity index (χ2n) is 2.47. The summed E-state index contributed by atoms with van der Waals surface area (Å²) < 4.78 is 0. The Morgan fingerprint density at radius 2 is 2.00 bits per heavy atom. The molecule has 0 aromatic heterocycles. The first-order valence-corrected chi connectivity index (χ1v) is 5.04. The van der Waals surface area contributed by atoms with E-state index in [1.807, 2.05) is 0 Å². The van der Waals surface area contributed by atoms with Gasteiger partial charge in [-0.15, -0.1) is 11.8 Å². The smallest absolute Gasteiger partial charge is 0.0719 e. The summed E-state index contributed by atoms with van der Waals surface area (Å²) in [7, 11) is 0. The molecule has 0 saturated carbocycles. The molecule has 0 aliphatic rings. The van der Waals surface area contributed by atoms with Crippen molar-refractivity contribution in [2.45, 2.75) is 11.3 Å². The van der Waals surface area contributed by atoms with Crippen molar-refractivity contribution in [1.82, 2.24) is 0 Å². The van der Waals surface area contributed by atoms with Gasteiger partial charge < -0.3 is 4.84 Å². The van der Waals surface area contributed by atoms with Crippen LogP contribution in [0.5, 0.6) is 0 Å². The molecule has 0 bridgehead atoms. The van der Waals surface area contributed by atoms with Crippen LogP contribution in [0.2, 0.25) is 0 Å². The molecule has 0 amide bonds. The highest BCUT2D eigenvalue weighted by atomic mass is 32.2. The van der Waals surface area contributed by atoms with E-state index in [0.29, 0.717) is 6.61 Å². The van der Waals surface area contributed by atoms with E-state index in [4.69, 9.17) is 5.90 Å². The molecule has 1 aromatic carbocycles. The second kappa shape index (κ2) is 5.19. The van der Waals surface area contributed by atoms with Gasteiger partial charge in [0.05, 0.1) is 6.61 Å². The van der Waals surface area contributed by atoms with E-state index in [9.17, 15) is 0 Å². The fourth-order valence-electron chi connectivity index (χ4n) is 0.969. The van der Waals surface area contributed by atoms with Crippen molar-refractivity contribution >= 4 is 11.8 Å². The van der Waals surface area contributed by atoms with Crippen molar-refractivity contribution in [1.29, 1.82) is 0 Å². The third-order valence-electron chi connectivity index (χ3n) is 1.67. The molecule has 0 heterocycles. The molecule has 2 N–H and O–H groups in total. The molecular weight excluding hydrogens is 170 g/mol. The van der Waals surface area contributed by atoms with Crippen LogP contribution in [0.3, 0.4) is 0 Å². The van der Waals surface area contributed by atoms with E-state index in [1.54, 1.807) is 11.8 Å². The first-order chi connectivity index (χ1) is 5.86. The fourth-order valence-corrected chi connectivity index (χ4v) is 1.38. The van der Waals surface area contributed by atoms with Crippen LogP contribution in [0, 0.1) is 0 Å². The van der Waals surface area contributed by atoms with Gasteiger partial charge in [-0.2, -0.15) is 0 Å². The van der Waals surface area contributed by atoms with Crippen LogP contribution in [0.4, 0.5) is 0 Å². The van der Waals surface area contributed by atoms with Gasteiger partial charge in [0, 0.05) is 4.90 Å². The lowest BCUT2D eigenvalue weighted by atomic mass is 10.2. The van der Waals surface area contributed by atoms with Crippen molar-refractivity contribution in [3.05, 3.63) is 29.8 Å². The van der Waals surface area contributed by atoms with Gasteiger partial charge in [0.25, 0.3) is 0 Å². The van der Waals surface area contributed by atoms with Crippen molar-refractivity contribution in [2.75, 3.05) is 12.9 Å². The lowest BCUT2D eigenvalue weighted by molar-refractivity contribution is 0.141. The molecule has 0 aliphatic heterocycles. The molecule has 0 spiro atoms. The van der Waals surface area contributed by atoms with Gasteiger partial charge in [-0.05, 0) is 30.4 Å². The van der Waals surface area contributed by atoms with E-state index in [2.05, 4.69) is 35.4 Å². The Bertz CT molecular complexity index is 222. The van der Waals surface area contributed by atoms with Gasteiger partial charge in [-0.3, -0.25) is 0 Å². The molecule has 0 fully saturated rings. The topological polar surface area (TPSA) is 35.2 Å². The zero-order chi connectivity index (χ0) is 8.81. The molecular formula is C9H13NOS. The quantitative estimate of drug-likeness (QED) is 0.571. The Hall–Kier alpha value is -0.510. The highest BCUT2D eigenvalue weighted by Crippen LogP contribution is 2.14. The Morgan fingerprint density at radius 3 is 2.50 bits per heavy atom. The number of hydrogen-bond acceptors (Lipinski definition) is 3. The van der Waals surface area contributed by atoms with Gasteiger partial charge in [-0.25, -0.2) is 5.90 Å². The molecule has 2 nitrogen and oxygen atoms in total. The maximum Gasteiger partial charge on any atom is 0.0719 e. The minimum Gasteiger partial charge on any atom is -0.304 e. The number of hydrogen-bond donors (Lipinski definition) is 1. The van der Waals surface area contributed by atoms with Crippen LogP contribution in [0.15, 0.2) is 29.2 Å². The van der Waals surface area contributed by atoms with Gasteiger partial charge in [0.1, 0.15) is 0 Å². The maximum absolute atomic E-state index is 4.93. The normalized spacial score (nSPS) is 10.2. The molecule has 1 aromatic rings. The summed E-state index contributed by atoms with van der Waals surface area (Å²) in [5.74, 6) is 4.93. The summed E-state index contributed by atoms with van der Waals surface area (Å²) >= 11 is 1.75. The first-order valence-electron chi connectivity index (χ1n) is 3.81. The van der Waals surface area contributed by atoms with Gasteiger partial charge in [-0.1, -0.05) is 12.1 Å². The fraction of sp³-hybridized carbons (Fsp3) is 0.333. The molecule has 0 radical (unpaired) electrons. The lowest BCUT2D eigenvalue weighted by Crippen LogP contribution is -2.03. The van der Waals surface area contributed by atoms with E-state index < -0.39 is 0 Å². The standard InChI is InChI=1S/C9H13NOS/c1-12-9-4-2-8(3-5-9)6-7-11-10/h2-5H,6-7,10H2,1H3. The first kappa shape index (κ1) is 9.58. The number of nitrogens with two attached hydrogens (primary N) is 1. The predicted octanol–water partition coefficient (Wildman–Crippen LogP) is 1.84. The van der Waals surface area contributed by atoms with E-state index in [0.717, 1.165) is 6.42 Å². The van der Waals surface area contributed by atoms with Crippen LogP contribution < -0.4 is 5.90 Å². The summed E-state index contributed by atoms with van der Waals surface area (Å²) in [5, 5.41) is 0. The lowest BCUT2D eigenvalue weighted by Gasteiger charge is -2.00. The minimum absolute atomic E-state index is 0.582. The molecule has 12 heavy (non-hydrogen) atoms. The number of benzene rings is 1. The largest absolute Gasteiger partial charge is 0.304 e. The summed E-state index contributed by atoms with van der Waals surface area (Å²) in [6.45, 7) is 0.582. The Balaban J connectivity index is 2.53. The van der Waals surface area contributed by atoms with Crippen molar-refractivity contribution in [2.24, 2.45) is 5.90 Å². The average Bonchev–Trinajstić information content (AvgIpc) is 2.15. The highest BCUT2D eigenvalue weighted by Gasteiger charge is 1.92. The van der Waals surface area contributed by atoms with Crippen LogP contribution in [0.1, 0.15) is 5.56 Å². The van der Waals surface area contributed by atoms with Crippen molar-refractivity contribution < 1.29 is 4.84 Å². The summed E-state index contributed by atoms with van der Waals surface area (Å²) in [6.07, 6.45) is 2.95. The van der Waals surface area contributed by atoms with Crippen LogP contribution in [0.25, 0.3) is 0 Å². The van der Waals surface area contributed by atoms with E-state index >= 15 is 0 Å².